The van der Waals surface area contributed by atoms with E-state index in [-0.39, 0.29) is 6.42 Å². The van der Waals surface area contributed by atoms with Crippen LogP contribution >= 0.6 is 0 Å². The number of ether oxygens (including phenoxy) is 1. The van der Waals surface area contributed by atoms with Gasteiger partial charge in [0.05, 0.1) is 12.3 Å². The molecule has 0 bridgehead atoms. The van der Waals surface area contributed by atoms with E-state index < -0.39 is 47.6 Å². The Morgan fingerprint density at radius 2 is 1.49 bits per heavy atom. The highest BCUT2D eigenvalue weighted by Gasteiger charge is 2.47. The molecule has 0 saturated carbocycles. The number of Topliss-reactive ketones (excluding diaryl/α,β-unsaturated/α-hetero) is 1. The van der Waals surface area contributed by atoms with Gasteiger partial charge in [0.1, 0.15) is 24.2 Å². The minimum absolute atomic E-state index is 0.0257. The number of carbonyl (C=O) groups is 5. The molecule has 0 heterocycles. The van der Waals surface area contributed by atoms with E-state index in [0.717, 1.165) is 44.1 Å². The van der Waals surface area contributed by atoms with Crippen molar-refractivity contribution in [3.8, 4) is 5.75 Å². The summed E-state index contributed by atoms with van der Waals surface area (Å²) in [4.78, 5) is 62.0. The predicted octanol–water partition coefficient (Wildman–Crippen LogP) is 4.08. The number of unbranched alkanes of at least 4 members (excludes halogenated alkanes) is 8. The summed E-state index contributed by atoms with van der Waals surface area (Å²) in [6.07, 6.45) is 14.6. The molecule has 0 aromatic heterocycles. The molecule has 1 aromatic carbocycles. The standard InChI is InChI=1S/C36H56N4O7/c1-4-5-6-9-12-15-28(41)16-13-10-7-8-11-14-17-30(36(46,35(39)45)25-32(37)42)34(44)40-31(33(38)43)24-27-18-20-29(21-19-27)47-23-22-26(2)3/h14,17-22,30-31,46H,4-13,15-16,23-25H2,1-3H3,(H2,37,42)(H2,38,43)(H2,39,45)(H,40,44)/b17-14+/t30-,31+,36+/m1/s1. The van der Waals surface area contributed by atoms with Crippen LogP contribution in [0.5, 0.6) is 5.75 Å². The number of nitrogens with two attached hydrogens (primary N) is 3. The molecule has 3 atom stereocenters. The van der Waals surface area contributed by atoms with E-state index in [9.17, 15) is 29.1 Å². The average Bonchev–Trinajstić information content (AvgIpc) is 2.99. The fourth-order valence-corrected chi connectivity index (χ4v) is 5.05. The van der Waals surface area contributed by atoms with Crippen molar-refractivity contribution in [2.24, 2.45) is 23.1 Å². The van der Waals surface area contributed by atoms with Gasteiger partial charge in [0.2, 0.25) is 17.7 Å². The SMILES string of the molecule is CCCCCCCC(=O)CCCCCC/C=C/[C@H](C(=O)N[C@@H](Cc1ccc(OCC=C(C)C)cc1)C(N)=O)[C@@](O)(CC(N)=O)C(N)=O. The number of allylic oxidation sites excluding steroid dienone is 2. The Morgan fingerprint density at radius 3 is 2.02 bits per heavy atom. The maximum Gasteiger partial charge on any atom is 0.251 e. The van der Waals surface area contributed by atoms with Crippen LogP contribution in [0, 0.1) is 5.92 Å². The maximum absolute atomic E-state index is 13.5. The fraction of sp³-hybridized carbons (Fsp3) is 0.583. The van der Waals surface area contributed by atoms with Gasteiger partial charge in [-0.2, -0.15) is 0 Å². The average molecular weight is 657 g/mol. The van der Waals surface area contributed by atoms with Gasteiger partial charge >= 0.3 is 0 Å². The zero-order chi connectivity index (χ0) is 35.2. The van der Waals surface area contributed by atoms with Gasteiger partial charge in [-0.3, -0.25) is 24.0 Å². The van der Waals surface area contributed by atoms with Crippen LogP contribution in [-0.4, -0.2) is 52.8 Å². The summed E-state index contributed by atoms with van der Waals surface area (Å²) in [6, 6.07) is 5.72. The third-order valence-corrected chi connectivity index (χ3v) is 7.90. The molecule has 0 spiro atoms. The molecule has 1 aromatic rings. The number of carbonyl (C=O) groups excluding carboxylic acids is 5. The number of hydrogen-bond donors (Lipinski definition) is 5. The zero-order valence-electron chi connectivity index (χ0n) is 28.4. The van der Waals surface area contributed by atoms with E-state index in [1.54, 1.807) is 30.3 Å². The second kappa shape index (κ2) is 22.5. The van der Waals surface area contributed by atoms with E-state index in [1.165, 1.54) is 25.3 Å². The van der Waals surface area contributed by atoms with Crippen LogP contribution < -0.4 is 27.3 Å². The fourth-order valence-electron chi connectivity index (χ4n) is 5.05. The van der Waals surface area contributed by atoms with Gasteiger partial charge in [-0.25, -0.2) is 0 Å². The number of benzene rings is 1. The highest BCUT2D eigenvalue weighted by atomic mass is 16.5. The van der Waals surface area contributed by atoms with Crippen LogP contribution in [0.2, 0.25) is 0 Å². The van der Waals surface area contributed by atoms with Gasteiger partial charge in [0.25, 0.3) is 5.91 Å². The van der Waals surface area contributed by atoms with E-state index >= 15 is 0 Å². The van der Waals surface area contributed by atoms with Crippen molar-refractivity contribution < 1.29 is 33.8 Å². The Kier molecular flexibility index (Phi) is 19.7. The lowest BCUT2D eigenvalue weighted by Gasteiger charge is -2.31. The quantitative estimate of drug-likeness (QED) is 0.0729. The molecule has 8 N–H and O–H groups in total. The summed E-state index contributed by atoms with van der Waals surface area (Å²) in [7, 11) is 0. The summed E-state index contributed by atoms with van der Waals surface area (Å²) < 4.78 is 5.65. The summed E-state index contributed by atoms with van der Waals surface area (Å²) >= 11 is 0. The van der Waals surface area contributed by atoms with Crippen LogP contribution in [0.4, 0.5) is 0 Å². The predicted molar refractivity (Wildman–Crippen MR) is 183 cm³/mol. The first kappa shape index (κ1) is 41.0. The Balaban J connectivity index is 2.84. The topological polar surface area (TPSA) is 205 Å². The van der Waals surface area contributed by atoms with Gasteiger partial charge in [0.15, 0.2) is 5.60 Å². The molecule has 0 radical (unpaired) electrons. The molecule has 47 heavy (non-hydrogen) atoms. The van der Waals surface area contributed by atoms with Crippen molar-refractivity contribution in [3.63, 3.8) is 0 Å². The van der Waals surface area contributed by atoms with E-state index in [4.69, 9.17) is 21.9 Å². The Hall–Kier alpha value is -3.99. The Labute approximate surface area is 279 Å². The first-order chi connectivity index (χ1) is 22.3. The molecule has 0 aliphatic rings. The van der Waals surface area contributed by atoms with Crippen molar-refractivity contribution in [3.05, 3.63) is 53.6 Å². The number of rotatable bonds is 26. The molecule has 11 heteroatoms. The monoisotopic (exact) mass is 656 g/mol. The lowest BCUT2D eigenvalue weighted by Crippen LogP contribution is -2.58. The normalized spacial score (nSPS) is 13.7. The summed E-state index contributed by atoms with van der Waals surface area (Å²) in [5.74, 6) is -4.79. The second-order valence-corrected chi connectivity index (χ2v) is 12.4. The summed E-state index contributed by atoms with van der Waals surface area (Å²) in [5.41, 5.74) is 15.5. The van der Waals surface area contributed by atoms with Crippen LogP contribution in [0.25, 0.3) is 0 Å². The largest absolute Gasteiger partial charge is 0.490 e. The molecule has 4 amide bonds. The molecule has 0 saturated heterocycles. The molecule has 0 unspecified atom stereocenters. The van der Waals surface area contributed by atoms with Gasteiger partial charge in [-0.1, -0.05) is 75.3 Å². The van der Waals surface area contributed by atoms with Crippen LogP contribution in [0.1, 0.15) is 110 Å². The highest BCUT2D eigenvalue weighted by Crippen LogP contribution is 2.25. The zero-order valence-corrected chi connectivity index (χ0v) is 28.4. The third-order valence-electron chi connectivity index (χ3n) is 7.90. The lowest BCUT2D eigenvalue weighted by atomic mass is 9.82. The molecule has 0 fully saturated rings. The second-order valence-electron chi connectivity index (χ2n) is 12.4. The molecule has 11 nitrogen and oxygen atoms in total. The van der Waals surface area contributed by atoms with Crippen molar-refractivity contribution in [2.45, 2.75) is 122 Å². The molecule has 0 aliphatic heterocycles. The summed E-state index contributed by atoms with van der Waals surface area (Å²) in [6.45, 7) is 6.50. The van der Waals surface area contributed by atoms with Crippen LogP contribution in [0.3, 0.4) is 0 Å². The van der Waals surface area contributed by atoms with Gasteiger partial charge in [-0.05, 0) is 63.3 Å². The third kappa shape index (κ3) is 16.9. The van der Waals surface area contributed by atoms with Crippen LogP contribution in [0.15, 0.2) is 48.1 Å². The van der Waals surface area contributed by atoms with Crippen molar-refractivity contribution in [1.29, 1.82) is 0 Å². The Morgan fingerprint density at radius 1 is 0.894 bits per heavy atom. The number of amides is 4. The van der Waals surface area contributed by atoms with Crippen LogP contribution in [-0.2, 0) is 30.4 Å². The van der Waals surface area contributed by atoms with Crippen molar-refractivity contribution in [2.75, 3.05) is 6.61 Å². The number of ketones is 1. The number of nitrogens with one attached hydrogen (secondary N) is 1. The minimum Gasteiger partial charge on any atom is -0.490 e. The first-order valence-corrected chi connectivity index (χ1v) is 16.7. The van der Waals surface area contributed by atoms with Crippen molar-refractivity contribution >= 4 is 29.4 Å². The first-order valence-electron chi connectivity index (χ1n) is 16.7. The lowest BCUT2D eigenvalue weighted by molar-refractivity contribution is -0.152. The van der Waals surface area contributed by atoms with Gasteiger partial charge in [0, 0.05) is 19.3 Å². The van der Waals surface area contributed by atoms with E-state index in [1.807, 2.05) is 19.9 Å². The molecule has 1 rings (SSSR count). The van der Waals surface area contributed by atoms with E-state index in [2.05, 4.69) is 12.2 Å². The van der Waals surface area contributed by atoms with Gasteiger partial charge < -0.3 is 32.4 Å². The molecule has 0 aliphatic carbocycles. The van der Waals surface area contributed by atoms with E-state index in [0.29, 0.717) is 43.0 Å². The molecular weight excluding hydrogens is 600 g/mol. The number of primary amides is 3. The van der Waals surface area contributed by atoms with Gasteiger partial charge in [-0.15, -0.1) is 0 Å². The highest BCUT2D eigenvalue weighted by molar-refractivity contribution is 5.97. The number of aliphatic hydroxyl groups is 1. The summed E-state index contributed by atoms with van der Waals surface area (Å²) in [5, 5.41) is 13.6. The number of hydrogen-bond acceptors (Lipinski definition) is 7. The molecular formula is C36H56N4O7. The minimum atomic E-state index is -2.63. The smallest absolute Gasteiger partial charge is 0.251 e. The van der Waals surface area contributed by atoms with Crippen molar-refractivity contribution in [1.82, 2.24) is 5.32 Å². The Bertz CT molecular complexity index is 1210. The molecule has 262 valence electrons. The maximum atomic E-state index is 13.5.